The largest absolute Gasteiger partial charge is 0.454 e. The minimum Gasteiger partial charge on any atom is -0.454 e. The van der Waals surface area contributed by atoms with Crippen molar-refractivity contribution in [2.24, 2.45) is 0 Å². The number of hydrogen-bond acceptors (Lipinski definition) is 5. The molecule has 33 heavy (non-hydrogen) atoms. The number of ether oxygens (including phenoxy) is 3. The maximum atomic E-state index is 14.1. The molecule has 5 rings (SSSR count). The lowest BCUT2D eigenvalue weighted by molar-refractivity contribution is -0.121. The highest BCUT2D eigenvalue weighted by Gasteiger charge is 2.19. The minimum absolute atomic E-state index is 0.100. The van der Waals surface area contributed by atoms with Crippen LogP contribution in [0.5, 0.6) is 11.5 Å². The summed E-state index contributed by atoms with van der Waals surface area (Å²) >= 11 is 0. The lowest BCUT2D eigenvalue weighted by Gasteiger charge is -2.26. The van der Waals surface area contributed by atoms with E-state index in [1.165, 1.54) is 6.07 Å². The molecule has 0 radical (unpaired) electrons. The van der Waals surface area contributed by atoms with Crippen molar-refractivity contribution < 1.29 is 23.4 Å². The zero-order valence-electron chi connectivity index (χ0n) is 18.7. The number of morpholine rings is 1. The molecule has 8 heteroatoms. The summed E-state index contributed by atoms with van der Waals surface area (Å²) in [5, 5.41) is 3.86. The number of aromatic nitrogens is 1. The van der Waals surface area contributed by atoms with Crippen LogP contribution in [0, 0.1) is 12.7 Å². The van der Waals surface area contributed by atoms with Gasteiger partial charge in [-0.15, -0.1) is 0 Å². The molecular weight excluding hydrogens is 425 g/mol. The number of carbonyl (C=O) groups is 1. The van der Waals surface area contributed by atoms with Gasteiger partial charge in [0.05, 0.1) is 13.2 Å². The lowest BCUT2D eigenvalue weighted by Crippen LogP contribution is -2.37. The maximum absolute atomic E-state index is 14.1. The van der Waals surface area contributed by atoms with Crippen molar-refractivity contribution in [1.82, 2.24) is 14.8 Å². The summed E-state index contributed by atoms with van der Waals surface area (Å²) < 4.78 is 32.2. The summed E-state index contributed by atoms with van der Waals surface area (Å²) in [6.45, 7) is 7.01. The Hall–Kier alpha value is -3.10. The quantitative estimate of drug-likeness (QED) is 0.596. The summed E-state index contributed by atoms with van der Waals surface area (Å²) in [6.07, 6.45) is 0.803. The molecule has 1 saturated heterocycles. The van der Waals surface area contributed by atoms with Crippen LogP contribution < -0.4 is 14.8 Å². The predicted octanol–water partition coefficient (Wildman–Crippen LogP) is 3.01. The molecule has 2 aromatic carbocycles. The minimum atomic E-state index is -0.264. The molecule has 174 valence electrons. The number of fused-ring (bicyclic) bond motifs is 2. The molecule has 3 heterocycles. The Bertz CT molecular complexity index is 1170. The predicted molar refractivity (Wildman–Crippen MR) is 122 cm³/mol. The lowest BCUT2D eigenvalue weighted by atomic mass is 10.1. The number of rotatable bonds is 7. The van der Waals surface area contributed by atoms with Crippen molar-refractivity contribution >= 4 is 16.8 Å². The van der Waals surface area contributed by atoms with Gasteiger partial charge >= 0.3 is 0 Å². The Morgan fingerprint density at radius 1 is 1.09 bits per heavy atom. The normalized spacial score (nSPS) is 15.8. The highest BCUT2D eigenvalue weighted by atomic mass is 19.1. The first kappa shape index (κ1) is 21.7. The molecule has 0 unspecified atom stereocenters. The number of nitrogens with zero attached hydrogens (tertiary/aromatic N) is 2. The highest BCUT2D eigenvalue weighted by Crippen LogP contribution is 2.32. The van der Waals surface area contributed by atoms with Crippen molar-refractivity contribution in [2.45, 2.75) is 26.4 Å². The maximum Gasteiger partial charge on any atom is 0.240 e. The van der Waals surface area contributed by atoms with Crippen LogP contribution in [0.15, 0.2) is 36.4 Å². The van der Waals surface area contributed by atoms with Crippen LogP contribution in [0.25, 0.3) is 10.9 Å². The zero-order valence-corrected chi connectivity index (χ0v) is 18.7. The molecule has 1 fully saturated rings. The van der Waals surface area contributed by atoms with Crippen molar-refractivity contribution in [1.29, 1.82) is 0 Å². The van der Waals surface area contributed by atoms with E-state index in [1.807, 2.05) is 29.7 Å². The molecule has 3 aromatic rings. The molecule has 0 saturated carbocycles. The molecule has 1 N–H and O–H groups in total. The first-order chi connectivity index (χ1) is 16.1. The molecule has 0 aliphatic carbocycles. The first-order valence-electron chi connectivity index (χ1n) is 11.3. The molecule has 7 nitrogen and oxygen atoms in total. The number of amides is 1. The van der Waals surface area contributed by atoms with Gasteiger partial charge in [0.1, 0.15) is 12.4 Å². The van der Waals surface area contributed by atoms with Gasteiger partial charge in [-0.25, -0.2) is 4.39 Å². The first-order valence-corrected chi connectivity index (χ1v) is 11.3. The van der Waals surface area contributed by atoms with Gasteiger partial charge in [-0.2, -0.15) is 0 Å². The van der Waals surface area contributed by atoms with Crippen LogP contribution in [-0.4, -0.2) is 55.0 Å². The van der Waals surface area contributed by atoms with E-state index in [1.54, 1.807) is 12.1 Å². The highest BCUT2D eigenvalue weighted by molar-refractivity contribution is 5.87. The standard InChI is InChI=1S/C25H28FN3O4/c1-17-20(6-7-28-8-10-31-11-9-28)21-13-19(26)3-4-22(21)29(17)15-25(30)27-14-18-2-5-23-24(12-18)33-16-32-23/h2-5,12-13H,6-11,14-16H2,1H3,(H,27,30). The molecular formula is C25H28FN3O4. The molecule has 1 amide bonds. The van der Waals surface area contributed by atoms with Crippen LogP contribution in [0.4, 0.5) is 4.39 Å². The van der Waals surface area contributed by atoms with E-state index in [9.17, 15) is 9.18 Å². The van der Waals surface area contributed by atoms with E-state index in [4.69, 9.17) is 14.2 Å². The molecule has 0 spiro atoms. The summed E-state index contributed by atoms with van der Waals surface area (Å²) in [5.41, 5.74) is 3.92. The van der Waals surface area contributed by atoms with Crippen molar-refractivity contribution in [3.63, 3.8) is 0 Å². The Balaban J connectivity index is 1.30. The van der Waals surface area contributed by atoms with Gasteiger partial charge in [0.25, 0.3) is 0 Å². The van der Waals surface area contributed by atoms with E-state index >= 15 is 0 Å². The number of benzene rings is 2. The molecule has 2 aliphatic heterocycles. The average Bonchev–Trinajstić information content (AvgIpc) is 3.39. The molecule has 0 atom stereocenters. The smallest absolute Gasteiger partial charge is 0.240 e. The van der Waals surface area contributed by atoms with E-state index in [0.717, 1.165) is 72.7 Å². The van der Waals surface area contributed by atoms with Crippen molar-refractivity contribution in [3.05, 3.63) is 59.0 Å². The second-order valence-electron chi connectivity index (χ2n) is 8.48. The fourth-order valence-electron chi connectivity index (χ4n) is 4.59. The number of carbonyl (C=O) groups excluding carboxylic acids is 1. The van der Waals surface area contributed by atoms with Crippen molar-refractivity contribution in [2.75, 3.05) is 39.6 Å². The summed E-state index contributed by atoms with van der Waals surface area (Å²) in [5.74, 6) is 1.05. The number of nitrogens with one attached hydrogen (secondary N) is 1. The number of halogens is 1. The fraction of sp³-hybridized carbons (Fsp3) is 0.400. The Labute approximate surface area is 192 Å². The summed E-state index contributed by atoms with van der Waals surface area (Å²) in [4.78, 5) is 15.2. The van der Waals surface area contributed by atoms with Gasteiger partial charge < -0.3 is 24.1 Å². The van der Waals surface area contributed by atoms with Crippen LogP contribution in [0.1, 0.15) is 16.8 Å². The van der Waals surface area contributed by atoms with Crippen LogP contribution >= 0.6 is 0 Å². The van der Waals surface area contributed by atoms with E-state index in [0.29, 0.717) is 12.3 Å². The summed E-state index contributed by atoms with van der Waals surface area (Å²) in [7, 11) is 0. The third kappa shape index (κ3) is 4.67. The van der Waals surface area contributed by atoms with E-state index < -0.39 is 0 Å². The second kappa shape index (κ2) is 9.41. The van der Waals surface area contributed by atoms with Crippen LogP contribution in [0.2, 0.25) is 0 Å². The Morgan fingerprint density at radius 3 is 2.76 bits per heavy atom. The van der Waals surface area contributed by atoms with Gasteiger partial charge in [0, 0.05) is 42.8 Å². The average molecular weight is 454 g/mol. The van der Waals surface area contributed by atoms with Gasteiger partial charge in [-0.05, 0) is 54.8 Å². The third-order valence-electron chi connectivity index (χ3n) is 6.43. The van der Waals surface area contributed by atoms with Gasteiger partial charge in [-0.3, -0.25) is 9.69 Å². The Kier molecular flexibility index (Phi) is 6.20. The molecule has 0 bridgehead atoms. The third-order valence-corrected chi connectivity index (χ3v) is 6.43. The zero-order chi connectivity index (χ0) is 22.8. The van der Waals surface area contributed by atoms with E-state index in [2.05, 4.69) is 10.2 Å². The van der Waals surface area contributed by atoms with Gasteiger partial charge in [-0.1, -0.05) is 6.07 Å². The summed E-state index contributed by atoms with van der Waals surface area (Å²) in [6, 6.07) is 10.4. The van der Waals surface area contributed by atoms with Gasteiger partial charge in [0.15, 0.2) is 11.5 Å². The monoisotopic (exact) mass is 453 g/mol. The molecule has 1 aromatic heterocycles. The van der Waals surface area contributed by atoms with Crippen LogP contribution in [0.3, 0.4) is 0 Å². The second-order valence-corrected chi connectivity index (χ2v) is 8.48. The number of hydrogen-bond donors (Lipinski definition) is 1. The topological polar surface area (TPSA) is 65.0 Å². The van der Waals surface area contributed by atoms with Crippen molar-refractivity contribution in [3.8, 4) is 11.5 Å². The fourth-order valence-corrected chi connectivity index (χ4v) is 4.59. The van der Waals surface area contributed by atoms with Gasteiger partial charge in [0.2, 0.25) is 12.7 Å². The molecule has 2 aliphatic rings. The Morgan fingerprint density at radius 2 is 1.91 bits per heavy atom. The SMILES string of the molecule is Cc1c(CCN2CCOCC2)c2cc(F)ccc2n1CC(=O)NCc1ccc2c(c1)OCO2. The van der Waals surface area contributed by atoms with Crippen LogP contribution in [-0.2, 0) is 29.0 Å². The van der Waals surface area contributed by atoms with E-state index in [-0.39, 0.29) is 25.1 Å².